The second-order valence-corrected chi connectivity index (χ2v) is 2.64. The van der Waals surface area contributed by atoms with Gasteiger partial charge in [-0.1, -0.05) is 0 Å². The van der Waals surface area contributed by atoms with Crippen LogP contribution in [0.2, 0.25) is 0 Å². The number of halogens is 2. The van der Waals surface area contributed by atoms with E-state index in [1.165, 1.54) is 0 Å². The lowest BCUT2D eigenvalue weighted by Gasteiger charge is -2.38. The Morgan fingerprint density at radius 2 is 2.00 bits per heavy atom. The highest BCUT2D eigenvalue weighted by Crippen LogP contribution is 2.25. The average Bonchev–Trinajstić information content (AvgIpc) is 1.78. The molecule has 1 aliphatic heterocycles. The Balaban J connectivity index is 2.03. The highest BCUT2D eigenvalue weighted by molar-refractivity contribution is 4.86. The largest absolute Gasteiger partial charge is 0.396 e. The predicted molar refractivity (Wildman–Crippen MR) is 33.1 cm³/mol. The van der Waals surface area contributed by atoms with Gasteiger partial charge >= 0.3 is 0 Å². The zero-order chi connectivity index (χ0) is 7.61. The first kappa shape index (κ1) is 7.88. The minimum absolute atomic E-state index is 0.0854. The maximum atomic E-state index is 12.1. The molecule has 1 fully saturated rings. The van der Waals surface area contributed by atoms with Gasteiger partial charge in [-0.2, -0.15) is 0 Å². The van der Waals surface area contributed by atoms with Crippen LogP contribution in [0.25, 0.3) is 0 Å². The molecule has 10 heavy (non-hydrogen) atoms. The molecule has 4 heteroatoms. The molecule has 1 aliphatic rings. The van der Waals surface area contributed by atoms with Crippen molar-refractivity contribution in [1.82, 2.24) is 4.90 Å². The average molecular weight is 151 g/mol. The van der Waals surface area contributed by atoms with Gasteiger partial charge in [0.15, 0.2) is 0 Å². The van der Waals surface area contributed by atoms with Gasteiger partial charge in [0.25, 0.3) is 5.92 Å². The van der Waals surface area contributed by atoms with Crippen LogP contribution in [0.5, 0.6) is 0 Å². The van der Waals surface area contributed by atoms with Gasteiger partial charge in [-0.05, 0) is 6.42 Å². The monoisotopic (exact) mass is 151 g/mol. The van der Waals surface area contributed by atoms with Crippen molar-refractivity contribution in [2.45, 2.75) is 12.3 Å². The fourth-order valence-corrected chi connectivity index (χ4v) is 1.06. The molecule has 0 aliphatic carbocycles. The number of aliphatic hydroxyl groups excluding tert-OH is 1. The first-order valence-corrected chi connectivity index (χ1v) is 3.35. The Labute approximate surface area is 58.4 Å². The Morgan fingerprint density at radius 1 is 1.40 bits per heavy atom. The van der Waals surface area contributed by atoms with E-state index in [1.54, 1.807) is 4.90 Å². The molecule has 60 valence electrons. The zero-order valence-electron chi connectivity index (χ0n) is 5.69. The van der Waals surface area contributed by atoms with Crippen molar-refractivity contribution in [1.29, 1.82) is 0 Å². The van der Waals surface area contributed by atoms with Gasteiger partial charge < -0.3 is 5.11 Å². The molecule has 0 spiro atoms. The zero-order valence-corrected chi connectivity index (χ0v) is 5.69. The van der Waals surface area contributed by atoms with E-state index in [2.05, 4.69) is 0 Å². The van der Waals surface area contributed by atoms with E-state index in [4.69, 9.17) is 5.11 Å². The lowest BCUT2D eigenvalue weighted by atomic mass is 10.1. The van der Waals surface area contributed by atoms with Gasteiger partial charge in [-0.25, -0.2) is 8.78 Å². The lowest BCUT2D eigenvalue weighted by Crippen LogP contribution is -2.56. The number of likely N-dealkylation sites (tertiary alicyclic amines) is 1. The summed E-state index contributed by atoms with van der Waals surface area (Å²) in [4.78, 5) is 1.64. The molecule has 0 amide bonds. The molecule has 0 radical (unpaired) electrons. The molecule has 1 saturated heterocycles. The summed E-state index contributed by atoms with van der Waals surface area (Å²) in [6, 6.07) is 0. The fraction of sp³-hybridized carbons (Fsp3) is 1.00. The third-order valence-electron chi connectivity index (χ3n) is 1.54. The predicted octanol–water partition coefficient (Wildman–Crippen LogP) is 0.320. The molecular formula is C6H11F2NO. The van der Waals surface area contributed by atoms with E-state index in [1.807, 2.05) is 0 Å². The molecule has 0 saturated carbocycles. The first-order chi connectivity index (χ1) is 4.64. The summed E-state index contributed by atoms with van der Waals surface area (Å²) in [5.74, 6) is -2.46. The number of alkyl halides is 2. The Bertz CT molecular complexity index is 110. The van der Waals surface area contributed by atoms with Crippen molar-refractivity contribution < 1.29 is 13.9 Å². The maximum absolute atomic E-state index is 12.1. The van der Waals surface area contributed by atoms with Gasteiger partial charge in [-0.3, -0.25) is 4.90 Å². The van der Waals surface area contributed by atoms with Gasteiger partial charge in [0.2, 0.25) is 0 Å². The van der Waals surface area contributed by atoms with Gasteiger partial charge in [-0.15, -0.1) is 0 Å². The first-order valence-electron chi connectivity index (χ1n) is 3.35. The van der Waals surface area contributed by atoms with Crippen LogP contribution in [0.3, 0.4) is 0 Å². The Kier molecular flexibility index (Phi) is 2.21. The van der Waals surface area contributed by atoms with Crippen LogP contribution in [0.4, 0.5) is 8.78 Å². The summed E-state index contributed by atoms with van der Waals surface area (Å²) in [7, 11) is 0. The van der Waals surface area contributed by atoms with Crippen molar-refractivity contribution in [3.63, 3.8) is 0 Å². The number of hydrogen-bond acceptors (Lipinski definition) is 2. The van der Waals surface area contributed by atoms with Gasteiger partial charge in [0, 0.05) is 13.2 Å². The van der Waals surface area contributed by atoms with E-state index in [9.17, 15) is 8.78 Å². The summed E-state index contributed by atoms with van der Waals surface area (Å²) in [5.41, 5.74) is 0. The summed E-state index contributed by atoms with van der Waals surface area (Å²) in [5, 5.41) is 8.35. The summed E-state index contributed by atoms with van der Waals surface area (Å²) >= 11 is 0. The van der Waals surface area contributed by atoms with Crippen LogP contribution in [0.1, 0.15) is 6.42 Å². The molecule has 0 bridgehead atoms. The molecule has 1 heterocycles. The summed E-state index contributed by atoms with van der Waals surface area (Å²) < 4.78 is 24.2. The van der Waals surface area contributed by atoms with Crippen molar-refractivity contribution in [3.8, 4) is 0 Å². The third-order valence-corrected chi connectivity index (χ3v) is 1.54. The summed E-state index contributed by atoms with van der Waals surface area (Å²) in [6.45, 7) is 0.411. The molecule has 0 aromatic heterocycles. The van der Waals surface area contributed by atoms with Crippen LogP contribution in [-0.2, 0) is 0 Å². The van der Waals surface area contributed by atoms with Gasteiger partial charge in [0.05, 0.1) is 13.1 Å². The summed E-state index contributed by atoms with van der Waals surface area (Å²) in [6.07, 6.45) is 0.593. The maximum Gasteiger partial charge on any atom is 0.272 e. The van der Waals surface area contributed by atoms with E-state index in [-0.39, 0.29) is 19.7 Å². The standard InChI is InChI=1S/C6H11F2NO/c7-6(8)4-9(5-6)2-1-3-10/h10H,1-5H2. The smallest absolute Gasteiger partial charge is 0.272 e. The quantitative estimate of drug-likeness (QED) is 0.628. The van der Waals surface area contributed by atoms with Crippen molar-refractivity contribution in [2.75, 3.05) is 26.2 Å². The normalized spacial score (nSPS) is 24.3. The number of aliphatic hydroxyl groups is 1. The second-order valence-electron chi connectivity index (χ2n) is 2.64. The molecule has 0 aromatic rings. The SMILES string of the molecule is OCCCN1CC(F)(F)C1. The van der Waals surface area contributed by atoms with Crippen molar-refractivity contribution in [2.24, 2.45) is 0 Å². The Hall–Kier alpha value is -0.220. The van der Waals surface area contributed by atoms with Crippen LogP contribution < -0.4 is 0 Å². The number of rotatable bonds is 3. The van der Waals surface area contributed by atoms with Crippen LogP contribution in [-0.4, -0.2) is 42.2 Å². The number of hydrogen-bond donors (Lipinski definition) is 1. The molecule has 2 nitrogen and oxygen atoms in total. The minimum Gasteiger partial charge on any atom is -0.396 e. The fourth-order valence-electron chi connectivity index (χ4n) is 1.06. The third kappa shape index (κ3) is 1.88. The number of nitrogens with zero attached hydrogens (tertiary/aromatic N) is 1. The highest BCUT2D eigenvalue weighted by Gasteiger charge is 2.42. The molecule has 1 rings (SSSR count). The highest BCUT2D eigenvalue weighted by atomic mass is 19.3. The topological polar surface area (TPSA) is 23.5 Å². The van der Waals surface area contributed by atoms with E-state index in [0.717, 1.165) is 0 Å². The Morgan fingerprint density at radius 3 is 2.40 bits per heavy atom. The van der Waals surface area contributed by atoms with Crippen molar-refractivity contribution >= 4 is 0 Å². The molecule has 0 aromatic carbocycles. The molecular weight excluding hydrogens is 140 g/mol. The second kappa shape index (κ2) is 2.80. The molecule has 1 N–H and O–H groups in total. The van der Waals surface area contributed by atoms with E-state index < -0.39 is 5.92 Å². The van der Waals surface area contributed by atoms with Crippen LogP contribution in [0, 0.1) is 0 Å². The van der Waals surface area contributed by atoms with E-state index >= 15 is 0 Å². The van der Waals surface area contributed by atoms with Crippen molar-refractivity contribution in [3.05, 3.63) is 0 Å². The van der Waals surface area contributed by atoms with E-state index in [0.29, 0.717) is 13.0 Å². The molecule has 0 atom stereocenters. The van der Waals surface area contributed by atoms with Gasteiger partial charge in [0.1, 0.15) is 0 Å². The van der Waals surface area contributed by atoms with Crippen LogP contribution >= 0.6 is 0 Å². The lowest BCUT2D eigenvalue weighted by molar-refractivity contribution is -0.131. The van der Waals surface area contributed by atoms with Crippen LogP contribution in [0.15, 0.2) is 0 Å². The molecule has 0 unspecified atom stereocenters. The minimum atomic E-state index is -2.46.